The van der Waals surface area contributed by atoms with Crippen LogP contribution >= 0.6 is 35.1 Å². The van der Waals surface area contributed by atoms with E-state index in [-0.39, 0.29) is 5.82 Å². The molecule has 0 radical (unpaired) electrons. The van der Waals surface area contributed by atoms with E-state index in [9.17, 15) is 4.39 Å². The van der Waals surface area contributed by atoms with Crippen molar-refractivity contribution < 1.29 is 8.91 Å². The van der Waals surface area contributed by atoms with Gasteiger partial charge in [-0.15, -0.1) is 23.5 Å². The fourth-order valence-corrected chi connectivity index (χ4v) is 4.02. The number of rotatable bonds is 4. The normalized spacial score (nSPS) is 11.0. The molecule has 0 unspecified atom stereocenters. The molecule has 3 aromatic rings. The van der Waals surface area contributed by atoms with Crippen molar-refractivity contribution >= 4 is 35.1 Å². The van der Waals surface area contributed by atoms with Gasteiger partial charge in [0.15, 0.2) is 0 Å². The molecule has 0 saturated heterocycles. The van der Waals surface area contributed by atoms with Gasteiger partial charge in [0, 0.05) is 5.56 Å². The summed E-state index contributed by atoms with van der Waals surface area (Å²) in [5, 5.41) is 4.85. The van der Waals surface area contributed by atoms with E-state index in [1.807, 2.05) is 12.5 Å². The van der Waals surface area contributed by atoms with Crippen LogP contribution in [-0.2, 0) is 0 Å². The highest BCUT2D eigenvalue weighted by Crippen LogP contribution is 2.40. The summed E-state index contributed by atoms with van der Waals surface area (Å²) in [5.74, 6) is 0.589. The van der Waals surface area contributed by atoms with Crippen LogP contribution in [0.4, 0.5) is 4.39 Å². The van der Waals surface area contributed by atoms with Gasteiger partial charge < -0.3 is 4.52 Å². The predicted molar refractivity (Wildman–Crippen MR) is 84.4 cm³/mol. The van der Waals surface area contributed by atoms with Gasteiger partial charge >= 0.3 is 0 Å². The van der Waals surface area contributed by atoms with Crippen molar-refractivity contribution in [2.24, 2.45) is 0 Å². The summed E-state index contributed by atoms with van der Waals surface area (Å²) in [6.45, 7) is 0. The van der Waals surface area contributed by atoms with E-state index < -0.39 is 0 Å². The van der Waals surface area contributed by atoms with Crippen LogP contribution in [0.15, 0.2) is 38.0 Å². The van der Waals surface area contributed by atoms with Crippen LogP contribution in [0.1, 0.15) is 0 Å². The van der Waals surface area contributed by atoms with Crippen LogP contribution in [0.5, 0.6) is 0 Å². The predicted octanol–water partition coefficient (Wildman–Crippen LogP) is 4.44. The second-order valence-corrected chi connectivity index (χ2v) is 6.63. The molecule has 2 heterocycles. The van der Waals surface area contributed by atoms with Gasteiger partial charge in [-0.05, 0) is 48.3 Å². The van der Waals surface area contributed by atoms with E-state index in [0.717, 1.165) is 14.8 Å². The smallest absolute Gasteiger partial charge is 0.263 e. The monoisotopic (exact) mass is 339 g/mol. The second kappa shape index (κ2) is 6.17. The summed E-state index contributed by atoms with van der Waals surface area (Å²) in [6.07, 6.45) is 3.94. The van der Waals surface area contributed by atoms with Gasteiger partial charge in [-0.2, -0.15) is 9.36 Å². The molecular formula is C13H10FN3OS3. The number of aromatic nitrogens is 3. The van der Waals surface area contributed by atoms with Crippen molar-refractivity contribution in [1.82, 2.24) is 14.5 Å². The first-order chi connectivity index (χ1) is 10.2. The second-order valence-electron chi connectivity index (χ2n) is 3.99. The van der Waals surface area contributed by atoms with Gasteiger partial charge in [0.2, 0.25) is 5.82 Å². The van der Waals surface area contributed by atoms with E-state index in [2.05, 4.69) is 14.5 Å². The van der Waals surface area contributed by atoms with E-state index in [1.54, 1.807) is 35.7 Å². The van der Waals surface area contributed by atoms with Crippen LogP contribution in [0, 0.1) is 5.82 Å². The molecule has 0 aliphatic rings. The Labute approximate surface area is 133 Å². The molecule has 8 heteroatoms. The van der Waals surface area contributed by atoms with E-state index >= 15 is 0 Å². The molecule has 0 aliphatic heterocycles. The summed E-state index contributed by atoms with van der Waals surface area (Å²) in [4.78, 5) is 4.41. The lowest BCUT2D eigenvalue weighted by Crippen LogP contribution is -1.83. The molecule has 0 saturated carbocycles. The summed E-state index contributed by atoms with van der Waals surface area (Å²) >= 11 is 4.56. The molecule has 0 fully saturated rings. The number of hydrogen-bond donors (Lipinski definition) is 0. The average Bonchev–Trinajstić information content (AvgIpc) is 3.13. The highest BCUT2D eigenvalue weighted by molar-refractivity contribution is 8.01. The average molecular weight is 339 g/mol. The van der Waals surface area contributed by atoms with Crippen molar-refractivity contribution in [3.8, 4) is 22.8 Å². The molecule has 21 heavy (non-hydrogen) atoms. The topological polar surface area (TPSA) is 51.8 Å². The molecule has 108 valence electrons. The van der Waals surface area contributed by atoms with Gasteiger partial charge in [-0.1, -0.05) is 5.16 Å². The van der Waals surface area contributed by atoms with Crippen molar-refractivity contribution in [2.75, 3.05) is 12.5 Å². The zero-order valence-corrected chi connectivity index (χ0v) is 13.6. The molecule has 0 bridgehead atoms. The van der Waals surface area contributed by atoms with Gasteiger partial charge in [-0.3, -0.25) is 0 Å². The number of thioether (sulfide) groups is 2. The Bertz CT molecular complexity index is 733. The lowest BCUT2D eigenvalue weighted by atomic mass is 10.2. The van der Waals surface area contributed by atoms with E-state index in [1.165, 1.54) is 23.7 Å². The molecule has 3 rings (SSSR count). The van der Waals surface area contributed by atoms with Gasteiger partial charge in [-0.25, -0.2) is 4.39 Å². The molecule has 1 aromatic carbocycles. The molecule has 2 aromatic heterocycles. The quantitative estimate of drug-likeness (QED) is 0.655. The third kappa shape index (κ3) is 2.83. The highest BCUT2D eigenvalue weighted by atomic mass is 32.2. The molecule has 0 spiro atoms. The largest absolute Gasteiger partial charge is 0.333 e. The Balaban J connectivity index is 2.02. The third-order valence-electron chi connectivity index (χ3n) is 2.75. The Hall–Kier alpha value is -1.38. The minimum absolute atomic E-state index is 0.293. The maximum absolute atomic E-state index is 13.0. The lowest BCUT2D eigenvalue weighted by Gasteiger charge is -1.96. The van der Waals surface area contributed by atoms with E-state index in [4.69, 9.17) is 4.52 Å². The molecule has 0 N–H and O–H groups in total. The van der Waals surface area contributed by atoms with Gasteiger partial charge in [0.25, 0.3) is 5.89 Å². The first-order valence-corrected chi connectivity index (χ1v) is 9.13. The van der Waals surface area contributed by atoms with Crippen LogP contribution < -0.4 is 0 Å². The van der Waals surface area contributed by atoms with Gasteiger partial charge in [0.05, 0.1) is 9.77 Å². The fraction of sp³-hybridized carbons (Fsp3) is 0.154. The Morgan fingerprint density at radius 3 is 2.57 bits per heavy atom. The van der Waals surface area contributed by atoms with Crippen molar-refractivity contribution in [2.45, 2.75) is 9.24 Å². The van der Waals surface area contributed by atoms with Crippen molar-refractivity contribution in [3.05, 3.63) is 30.1 Å². The molecule has 4 nitrogen and oxygen atoms in total. The van der Waals surface area contributed by atoms with Crippen LogP contribution in [0.3, 0.4) is 0 Å². The zero-order chi connectivity index (χ0) is 14.8. The first kappa shape index (κ1) is 14.6. The number of hydrogen-bond acceptors (Lipinski definition) is 7. The first-order valence-electron chi connectivity index (χ1n) is 5.90. The van der Waals surface area contributed by atoms with Crippen LogP contribution in [0.2, 0.25) is 0 Å². The van der Waals surface area contributed by atoms with Crippen LogP contribution in [-0.4, -0.2) is 27.0 Å². The summed E-state index contributed by atoms with van der Waals surface area (Å²) in [7, 11) is 0. The van der Waals surface area contributed by atoms with Crippen LogP contribution in [0.25, 0.3) is 22.8 Å². The Kier molecular flexibility index (Phi) is 4.27. The SMILES string of the molecule is CSc1nsc(SC)c1-c1nc(-c2ccc(F)cc2)no1. The zero-order valence-electron chi connectivity index (χ0n) is 11.2. The minimum atomic E-state index is -0.293. The Morgan fingerprint density at radius 1 is 1.14 bits per heavy atom. The van der Waals surface area contributed by atoms with Crippen molar-refractivity contribution in [3.63, 3.8) is 0 Å². The standard InChI is InChI=1S/C13H10FN3OS3/c1-19-12-9(13(20-2)21-17-12)11-15-10(16-18-11)7-3-5-8(14)6-4-7/h3-6H,1-2H3. The maximum Gasteiger partial charge on any atom is 0.263 e. The molecular weight excluding hydrogens is 329 g/mol. The highest BCUT2D eigenvalue weighted by Gasteiger charge is 2.21. The molecule has 0 atom stereocenters. The van der Waals surface area contributed by atoms with Gasteiger partial charge in [0.1, 0.15) is 10.8 Å². The fourth-order valence-electron chi connectivity index (χ4n) is 1.76. The summed E-state index contributed by atoms with van der Waals surface area (Å²) in [6, 6.07) is 6.00. The minimum Gasteiger partial charge on any atom is -0.333 e. The third-order valence-corrected chi connectivity index (χ3v) is 5.49. The number of benzene rings is 1. The summed E-state index contributed by atoms with van der Waals surface area (Å²) < 4.78 is 23.7. The summed E-state index contributed by atoms with van der Waals surface area (Å²) in [5.41, 5.74) is 1.59. The lowest BCUT2D eigenvalue weighted by molar-refractivity contribution is 0.431. The van der Waals surface area contributed by atoms with E-state index in [0.29, 0.717) is 17.3 Å². The number of nitrogens with zero attached hydrogens (tertiary/aromatic N) is 3. The molecule has 0 aliphatic carbocycles. The maximum atomic E-state index is 13.0. The Morgan fingerprint density at radius 2 is 1.90 bits per heavy atom. The molecule has 0 amide bonds. The van der Waals surface area contributed by atoms with Crippen molar-refractivity contribution in [1.29, 1.82) is 0 Å². The number of halogens is 1.